The third-order valence-electron chi connectivity index (χ3n) is 6.53. The van der Waals surface area contributed by atoms with Gasteiger partial charge in [-0.2, -0.15) is 0 Å². The standard InChI is InChI=1S/C21H29N3O2S/c1-11(17-9-14-4-5-16(17)8-14)22-18(26)10-27-21-19(13(3)25)12(2)23-20(24-21)15-6-7-15/h11,14-17H,4-10H2,1-3H3,(H,22,26)/t11-,14-,16-,17+/m0/s1. The zero-order chi connectivity index (χ0) is 19.1. The minimum Gasteiger partial charge on any atom is -0.353 e. The maximum Gasteiger partial charge on any atom is 0.230 e. The summed E-state index contributed by atoms with van der Waals surface area (Å²) in [6, 6.07) is 0.231. The normalized spacial score (nSPS) is 27.6. The number of hydrogen-bond acceptors (Lipinski definition) is 5. The van der Waals surface area contributed by atoms with Gasteiger partial charge < -0.3 is 5.32 Å². The first-order valence-corrected chi connectivity index (χ1v) is 11.2. The van der Waals surface area contributed by atoms with E-state index in [0.29, 0.717) is 28.2 Å². The van der Waals surface area contributed by atoms with Gasteiger partial charge in [-0.25, -0.2) is 9.97 Å². The Bertz CT molecular complexity index is 762. The van der Waals surface area contributed by atoms with Crippen LogP contribution in [0.1, 0.15) is 80.2 Å². The van der Waals surface area contributed by atoms with Crippen molar-refractivity contribution < 1.29 is 9.59 Å². The van der Waals surface area contributed by atoms with Gasteiger partial charge in [0.2, 0.25) is 5.91 Å². The van der Waals surface area contributed by atoms with Gasteiger partial charge in [-0.05, 0) is 70.6 Å². The van der Waals surface area contributed by atoms with Crippen LogP contribution in [-0.4, -0.2) is 33.5 Å². The van der Waals surface area contributed by atoms with Crippen molar-refractivity contribution in [3.63, 3.8) is 0 Å². The van der Waals surface area contributed by atoms with Gasteiger partial charge >= 0.3 is 0 Å². The van der Waals surface area contributed by atoms with Gasteiger partial charge in [0.25, 0.3) is 0 Å². The number of ketones is 1. The van der Waals surface area contributed by atoms with Crippen molar-refractivity contribution in [3.05, 3.63) is 17.1 Å². The Hall–Kier alpha value is -1.43. The first kappa shape index (κ1) is 18.9. The number of Topliss-reactive ketones (excluding diaryl/α,β-unsaturated/α-hetero) is 1. The number of nitrogens with zero attached hydrogens (tertiary/aromatic N) is 2. The second-order valence-electron chi connectivity index (χ2n) is 8.66. The van der Waals surface area contributed by atoms with E-state index in [1.54, 1.807) is 6.92 Å². The lowest BCUT2D eigenvalue weighted by Crippen LogP contribution is -2.40. The molecule has 6 heteroatoms. The van der Waals surface area contributed by atoms with E-state index in [-0.39, 0.29) is 17.7 Å². The van der Waals surface area contributed by atoms with Crippen molar-refractivity contribution in [2.45, 2.75) is 76.3 Å². The number of carbonyl (C=O) groups is 2. The van der Waals surface area contributed by atoms with Crippen molar-refractivity contribution in [1.82, 2.24) is 15.3 Å². The molecule has 3 saturated carbocycles. The molecular formula is C21H29N3O2S. The molecule has 27 heavy (non-hydrogen) atoms. The number of fused-ring (bicyclic) bond motifs is 2. The maximum atomic E-state index is 12.5. The van der Waals surface area contributed by atoms with Crippen LogP contribution in [0, 0.1) is 24.7 Å². The van der Waals surface area contributed by atoms with Gasteiger partial charge in [-0.3, -0.25) is 9.59 Å². The van der Waals surface area contributed by atoms with Crippen LogP contribution >= 0.6 is 11.8 Å². The van der Waals surface area contributed by atoms with E-state index >= 15 is 0 Å². The highest BCUT2D eigenvalue weighted by molar-refractivity contribution is 8.00. The summed E-state index contributed by atoms with van der Waals surface area (Å²) < 4.78 is 0. The molecule has 0 unspecified atom stereocenters. The highest BCUT2D eigenvalue weighted by Gasteiger charge is 2.42. The van der Waals surface area contributed by atoms with Crippen molar-refractivity contribution in [1.29, 1.82) is 0 Å². The molecule has 3 aliphatic rings. The van der Waals surface area contributed by atoms with Crippen LogP contribution < -0.4 is 5.32 Å². The molecule has 0 aromatic carbocycles. The van der Waals surface area contributed by atoms with E-state index in [1.165, 1.54) is 37.4 Å². The van der Waals surface area contributed by atoms with Crippen molar-refractivity contribution in [2.75, 3.05) is 5.75 Å². The fraction of sp³-hybridized carbons (Fsp3) is 0.714. The maximum absolute atomic E-state index is 12.5. The molecule has 1 heterocycles. The lowest BCUT2D eigenvalue weighted by Gasteiger charge is -2.28. The van der Waals surface area contributed by atoms with Crippen LogP contribution in [0.25, 0.3) is 0 Å². The van der Waals surface area contributed by atoms with E-state index in [2.05, 4.69) is 22.2 Å². The monoisotopic (exact) mass is 387 g/mol. The summed E-state index contributed by atoms with van der Waals surface area (Å²) in [6.07, 6.45) is 7.56. The van der Waals surface area contributed by atoms with Gasteiger partial charge in [0.05, 0.1) is 17.0 Å². The Balaban J connectivity index is 1.39. The zero-order valence-corrected chi connectivity index (χ0v) is 17.3. The minimum absolute atomic E-state index is 0.0342. The predicted octanol–water partition coefficient (Wildman–Crippen LogP) is 3.90. The number of aryl methyl sites for hydroxylation is 1. The summed E-state index contributed by atoms with van der Waals surface area (Å²) in [6.45, 7) is 5.56. The van der Waals surface area contributed by atoms with E-state index < -0.39 is 0 Å². The Morgan fingerprint density at radius 3 is 2.56 bits per heavy atom. The van der Waals surface area contributed by atoms with Crippen LogP contribution in [0.3, 0.4) is 0 Å². The molecule has 1 amide bonds. The van der Waals surface area contributed by atoms with E-state index in [0.717, 1.165) is 36.2 Å². The molecule has 2 bridgehead atoms. The first-order chi connectivity index (χ1) is 12.9. The molecule has 1 aromatic heterocycles. The molecule has 3 aliphatic carbocycles. The number of hydrogen-bond donors (Lipinski definition) is 1. The van der Waals surface area contributed by atoms with Crippen LogP contribution in [-0.2, 0) is 4.79 Å². The van der Waals surface area contributed by atoms with Crippen LogP contribution in [0.2, 0.25) is 0 Å². The molecule has 4 rings (SSSR count). The average Bonchev–Trinajstić information content (AvgIpc) is 3.25. The number of thioether (sulfide) groups is 1. The summed E-state index contributed by atoms with van der Waals surface area (Å²) >= 11 is 1.37. The highest BCUT2D eigenvalue weighted by atomic mass is 32.2. The molecule has 1 N–H and O–H groups in total. The summed E-state index contributed by atoms with van der Waals surface area (Å²) in [5.41, 5.74) is 1.30. The van der Waals surface area contributed by atoms with Crippen molar-refractivity contribution in [2.24, 2.45) is 17.8 Å². The SMILES string of the molecule is CC(=O)c1c(C)nc(C2CC2)nc1SCC(=O)N[C@@H](C)[C@H]1C[C@H]2CC[C@H]1C2. The topological polar surface area (TPSA) is 72.0 Å². The van der Waals surface area contributed by atoms with E-state index in [4.69, 9.17) is 0 Å². The van der Waals surface area contributed by atoms with Crippen LogP contribution in [0.5, 0.6) is 0 Å². The zero-order valence-electron chi connectivity index (χ0n) is 16.5. The minimum atomic E-state index is -0.0342. The lowest BCUT2D eigenvalue weighted by molar-refractivity contribution is -0.119. The third kappa shape index (κ3) is 4.05. The Labute approximate surface area is 165 Å². The molecule has 4 atom stereocenters. The van der Waals surface area contributed by atoms with Gasteiger partial charge in [0.15, 0.2) is 5.78 Å². The summed E-state index contributed by atoms with van der Waals surface area (Å²) in [4.78, 5) is 33.7. The molecule has 3 fully saturated rings. The quantitative estimate of drug-likeness (QED) is 0.436. The smallest absolute Gasteiger partial charge is 0.230 e. The van der Waals surface area contributed by atoms with Crippen LogP contribution in [0.15, 0.2) is 5.03 Å². The molecular weight excluding hydrogens is 358 g/mol. The fourth-order valence-corrected chi connectivity index (χ4v) is 5.99. The summed E-state index contributed by atoms with van der Waals surface area (Å²) in [5.74, 6) is 3.87. The molecule has 0 radical (unpaired) electrons. The number of rotatable bonds is 7. The fourth-order valence-electron chi connectivity index (χ4n) is 5.04. The number of amides is 1. The van der Waals surface area contributed by atoms with E-state index in [1.807, 2.05) is 6.92 Å². The second kappa shape index (κ2) is 7.53. The average molecular weight is 388 g/mol. The third-order valence-corrected chi connectivity index (χ3v) is 7.51. The van der Waals surface area contributed by atoms with Gasteiger partial charge in [-0.1, -0.05) is 18.2 Å². The molecule has 146 valence electrons. The number of aromatic nitrogens is 2. The highest BCUT2D eigenvalue weighted by Crippen LogP contribution is 2.49. The molecule has 5 nitrogen and oxygen atoms in total. The largest absolute Gasteiger partial charge is 0.353 e. The predicted molar refractivity (Wildman–Crippen MR) is 106 cm³/mol. The van der Waals surface area contributed by atoms with Crippen molar-refractivity contribution >= 4 is 23.5 Å². The van der Waals surface area contributed by atoms with Gasteiger partial charge in [-0.15, -0.1) is 0 Å². The Morgan fingerprint density at radius 2 is 1.96 bits per heavy atom. The van der Waals surface area contributed by atoms with E-state index in [9.17, 15) is 9.59 Å². The molecule has 0 saturated heterocycles. The number of carbonyl (C=O) groups excluding carboxylic acids is 2. The number of nitrogens with one attached hydrogen (secondary N) is 1. The Kier molecular flexibility index (Phi) is 5.28. The molecule has 0 aliphatic heterocycles. The Morgan fingerprint density at radius 1 is 1.19 bits per heavy atom. The molecule has 1 aromatic rings. The summed E-state index contributed by atoms with van der Waals surface area (Å²) in [7, 11) is 0. The van der Waals surface area contributed by atoms with Crippen molar-refractivity contribution in [3.8, 4) is 0 Å². The molecule has 0 spiro atoms. The van der Waals surface area contributed by atoms with Crippen LogP contribution in [0.4, 0.5) is 0 Å². The van der Waals surface area contributed by atoms with Gasteiger partial charge in [0.1, 0.15) is 10.9 Å². The second-order valence-corrected chi connectivity index (χ2v) is 9.63. The van der Waals surface area contributed by atoms with Gasteiger partial charge in [0, 0.05) is 12.0 Å². The summed E-state index contributed by atoms with van der Waals surface area (Å²) in [5, 5.41) is 3.87. The lowest BCUT2D eigenvalue weighted by atomic mass is 9.84. The first-order valence-electron chi connectivity index (χ1n) is 10.2.